The van der Waals surface area contributed by atoms with E-state index in [1.165, 1.54) is 19.3 Å². The average Bonchev–Trinajstić information content (AvgIpc) is 3.12. The van der Waals surface area contributed by atoms with Gasteiger partial charge in [-0.05, 0) is 51.5 Å². The van der Waals surface area contributed by atoms with Gasteiger partial charge in [-0.3, -0.25) is 4.79 Å². The van der Waals surface area contributed by atoms with E-state index in [0.717, 1.165) is 25.9 Å². The highest BCUT2D eigenvalue weighted by atomic mass is 16.2. The molecule has 1 aliphatic carbocycles. The molecule has 0 aromatic carbocycles. The summed E-state index contributed by atoms with van der Waals surface area (Å²) in [5.74, 6) is 3.51. The van der Waals surface area contributed by atoms with E-state index in [1.807, 2.05) is 11.8 Å². The van der Waals surface area contributed by atoms with Crippen LogP contribution in [-0.2, 0) is 4.79 Å². The lowest BCUT2D eigenvalue weighted by atomic mass is 9.89. The molecule has 3 heteroatoms. The number of nitrogens with one attached hydrogen (secondary N) is 1. The molecule has 1 heterocycles. The quantitative estimate of drug-likeness (QED) is 0.746. The summed E-state index contributed by atoms with van der Waals surface area (Å²) in [6.07, 6.45) is 11.1. The zero-order valence-electron chi connectivity index (χ0n) is 10.7. The highest BCUT2D eigenvalue weighted by Crippen LogP contribution is 2.31. The van der Waals surface area contributed by atoms with Crippen LogP contribution in [0.3, 0.4) is 0 Å². The van der Waals surface area contributed by atoms with Crippen molar-refractivity contribution in [1.82, 2.24) is 10.2 Å². The van der Waals surface area contributed by atoms with Crippen LogP contribution >= 0.6 is 0 Å². The molecule has 0 aromatic rings. The molecule has 0 spiro atoms. The summed E-state index contributed by atoms with van der Waals surface area (Å²) in [6, 6.07) is 0. The first-order valence-corrected chi connectivity index (χ1v) is 6.63. The number of terminal acetylenes is 1. The Bertz CT molecular complexity index is 322. The van der Waals surface area contributed by atoms with Gasteiger partial charge in [-0.2, -0.15) is 0 Å². The minimum absolute atomic E-state index is 0.196. The molecule has 17 heavy (non-hydrogen) atoms. The molecule has 2 aliphatic rings. The lowest BCUT2D eigenvalue weighted by Crippen LogP contribution is -2.58. The maximum Gasteiger partial charge on any atom is 0.243 e. The number of amides is 1. The second kappa shape index (κ2) is 5.10. The number of piperidine rings is 1. The maximum absolute atomic E-state index is 12.5. The van der Waals surface area contributed by atoms with Crippen LogP contribution < -0.4 is 5.32 Å². The Hall–Kier alpha value is -1.01. The van der Waals surface area contributed by atoms with Crippen molar-refractivity contribution in [2.75, 3.05) is 19.6 Å². The Morgan fingerprint density at radius 3 is 2.82 bits per heavy atom. The van der Waals surface area contributed by atoms with Gasteiger partial charge in [0.15, 0.2) is 0 Å². The fourth-order valence-corrected chi connectivity index (χ4v) is 2.53. The van der Waals surface area contributed by atoms with Crippen molar-refractivity contribution in [3.8, 4) is 12.3 Å². The molecule has 1 saturated carbocycles. The van der Waals surface area contributed by atoms with Crippen LogP contribution in [0.25, 0.3) is 0 Å². The molecule has 0 bridgehead atoms. The molecule has 1 atom stereocenters. The van der Waals surface area contributed by atoms with Crippen molar-refractivity contribution in [2.45, 2.75) is 44.6 Å². The molecule has 94 valence electrons. The summed E-state index contributed by atoms with van der Waals surface area (Å²) in [5, 5.41) is 3.37. The second-order valence-electron chi connectivity index (χ2n) is 5.55. The van der Waals surface area contributed by atoms with Gasteiger partial charge < -0.3 is 10.2 Å². The molecule has 1 amide bonds. The van der Waals surface area contributed by atoms with Gasteiger partial charge in [0.25, 0.3) is 0 Å². The molecule has 0 aromatic heterocycles. The van der Waals surface area contributed by atoms with Crippen LogP contribution in [0.1, 0.15) is 39.0 Å². The monoisotopic (exact) mass is 234 g/mol. The summed E-state index contributed by atoms with van der Waals surface area (Å²) >= 11 is 0. The molecule has 0 radical (unpaired) electrons. The van der Waals surface area contributed by atoms with Gasteiger partial charge in [-0.15, -0.1) is 6.42 Å². The standard InChI is InChI=1S/C14H22N2O/c1-3-10-16(11-12-6-7-12)13(17)14(2)8-4-5-9-15-14/h1,12,15H,4-11H2,2H3. The average molecular weight is 234 g/mol. The number of carbonyl (C=O) groups excluding carboxylic acids is 1. The third kappa shape index (κ3) is 3.01. The van der Waals surface area contributed by atoms with Gasteiger partial charge in [0.1, 0.15) is 0 Å². The van der Waals surface area contributed by atoms with E-state index in [4.69, 9.17) is 6.42 Å². The maximum atomic E-state index is 12.5. The molecule has 2 rings (SSSR count). The number of carbonyl (C=O) groups is 1. The lowest BCUT2D eigenvalue weighted by Gasteiger charge is -2.37. The third-order valence-corrected chi connectivity index (χ3v) is 3.84. The van der Waals surface area contributed by atoms with Gasteiger partial charge in [0.2, 0.25) is 5.91 Å². The summed E-state index contributed by atoms with van der Waals surface area (Å²) in [5.41, 5.74) is -0.385. The van der Waals surface area contributed by atoms with Gasteiger partial charge in [0.05, 0.1) is 12.1 Å². The number of nitrogens with zero attached hydrogens (tertiary/aromatic N) is 1. The van der Waals surface area contributed by atoms with Crippen molar-refractivity contribution in [2.24, 2.45) is 5.92 Å². The molecular formula is C14H22N2O. The van der Waals surface area contributed by atoms with Crippen LogP contribution in [0.15, 0.2) is 0 Å². The molecule has 3 nitrogen and oxygen atoms in total. The zero-order chi connectivity index (χ0) is 12.3. The van der Waals surface area contributed by atoms with Crippen molar-refractivity contribution >= 4 is 5.91 Å². The molecule has 1 unspecified atom stereocenters. The SMILES string of the molecule is C#CCN(CC1CC1)C(=O)C1(C)CCCCN1. The fraction of sp³-hybridized carbons (Fsp3) is 0.786. The summed E-state index contributed by atoms with van der Waals surface area (Å²) in [7, 11) is 0. The van der Waals surface area contributed by atoms with Crippen LogP contribution in [0.5, 0.6) is 0 Å². The van der Waals surface area contributed by atoms with Crippen LogP contribution in [0, 0.1) is 18.3 Å². The highest BCUT2D eigenvalue weighted by Gasteiger charge is 2.38. The lowest BCUT2D eigenvalue weighted by molar-refractivity contribution is -0.138. The van der Waals surface area contributed by atoms with E-state index in [0.29, 0.717) is 12.5 Å². The van der Waals surface area contributed by atoms with Crippen LogP contribution in [0.4, 0.5) is 0 Å². The van der Waals surface area contributed by atoms with Crippen molar-refractivity contribution in [1.29, 1.82) is 0 Å². The molecular weight excluding hydrogens is 212 g/mol. The fourth-order valence-electron chi connectivity index (χ4n) is 2.53. The van der Waals surface area contributed by atoms with E-state index >= 15 is 0 Å². The molecule has 1 N–H and O–H groups in total. The van der Waals surface area contributed by atoms with E-state index in [2.05, 4.69) is 11.2 Å². The molecule has 2 fully saturated rings. The number of rotatable bonds is 4. The highest BCUT2D eigenvalue weighted by molar-refractivity contribution is 5.86. The first-order valence-electron chi connectivity index (χ1n) is 6.63. The second-order valence-corrected chi connectivity index (χ2v) is 5.55. The zero-order valence-corrected chi connectivity index (χ0v) is 10.7. The van der Waals surface area contributed by atoms with Crippen LogP contribution in [0.2, 0.25) is 0 Å². The van der Waals surface area contributed by atoms with Gasteiger partial charge >= 0.3 is 0 Å². The first-order chi connectivity index (χ1) is 8.15. The smallest absolute Gasteiger partial charge is 0.243 e. The van der Waals surface area contributed by atoms with Gasteiger partial charge in [-0.25, -0.2) is 0 Å². The summed E-state index contributed by atoms with van der Waals surface area (Å²) < 4.78 is 0. The number of hydrogen-bond donors (Lipinski definition) is 1. The summed E-state index contributed by atoms with van der Waals surface area (Å²) in [4.78, 5) is 14.4. The normalized spacial score (nSPS) is 28.5. The third-order valence-electron chi connectivity index (χ3n) is 3.84. The number of hydrogen-bond acceptors (Lipinski definition) is 2. The van der Waals surface area contributed by atoms with Gasteiger partial charge in [-0.1, -0.05) is 5.92 Å². The van der Waals surface area contributed by atoms with Crippen molar-refractivity contribution in [3.05, 3.63) is 0 Å². The minimum atomic E-state index is -0.385. The van der Waals surface area contributed by atoms with E-state index in [1.54, 1.807) is 0 Å². The first kappa shape index (κ1) is 12.4. The molecule has 1 aliphatic heterocycles. The Labute approximate surface area is 104 Å². The minimum Gasteiger partial charge on any atom is -0.330 e. The van der Waals surface area contributed by atoms with Crippen molar-refractivity contribution < 1.29 is 4.79 Å². The predicted molar refractivity (Wildman–Crippen MR) is 68.4 cm³/mol. The van der Waals surface area contributed by atoms with E-state index in [-0.39, 0.29) is 11.4 Å². The largest absolute Gasteiger partial charge is 0.330 e. The Morgan fingerprint density at radius 1 is 1.53 bits per heavy atom. The summed E-state index contributed by atoms with van der Waals surface area (Å²) in [6.45, 7) is 4.26. The van der Waals surface area contributed by atoms with Crippen LogP contribution in [-0.4, -0.2) is 36.0 Å². The van der Waals surface area contributed by atoms with Crippen molar-refractivity contribution in [3.63, 3.8) is 0 Å². The van der Waals surface area contributed by atoms with E-state index in [9.17, 15) is 4.79 Å². The molecule has 1 saturated heterocycles. The topological polar surface area (TPSA) is 32.3 Å². The van der Waals surface area contributed by atoms with E-state index < -0.39 is 0 Å². The Morgan fingerprint density at radius 2 is 2.29 bits per heavy atom. The predicted octanol–water partition coefficient (Wildman–Crippen LogP) is 1.39. The Balaban J connectivity index is 2.00. The Kier molecular flexibility index (Phi) is 3.73. The van der Waals surface area contributed by atoms with Gasteiger partial charge in [0, 0.05) is 6.54 Å².